The maximum Gasteiger partial charge on any atom is 0.410 e. The number of carbonyl (C=O) groups is 2. The van der Waals surface area contributed by atoms with Gasteiger partial charge in [0.25, 0.3) is 0 Å². The summed E-state index contributed by atoms with van der Waals surface area (Å²) in [4.78, 5) is 25.5. The first-order valence-electron chi connectivity index (χ1n) is 8.25. The van der Waals surface area contributed by atoms with E-state index in [1.165, 1.54) is 20.3 Å². The molecule has 0 N–H and O–H groups in total. The molecule has 1 atom stereocenters. The van der Waals surface area contributed by atoms with Crippen LogP contribution in [0.5, 0.6) is 0 Å². The number of amides is 1. The summed E-state index contributed by atoms with van der Waals surface area (Å²) in [7, 11) is 2.76. The molecule has 2 aliphatic rings. The van der Waals surface area contributed by atoms with Gasteiger partial charge in [-0.1, -0.05) is 0 Å². The summed E-state index contributed by atoms with van der Waals surface area (Å²) in [5, 5.41) is 0. The molecule has 8 heteroatoms. The molecule has 2 heterocycles. The molecule has 0 aromatic rings. The van der Waals surface area contributed by atoms with E-state index in [0.717, 1.165) is 0 Å². The van der Waals surface area contributed by atoms with Crippen LogP contribution in [0.25, 0.3) is 0 Å². The summed E-state index contributed by atoms with van der Waals surface area (Å²) in [5.41, 5.74) is -1.39. The van der Waals surface area contributed by atoms with E-state index in [-0.39, 0.29) is 6.09 Å². The number of likely N-dealkylation sites (tertiary alicyclic amines) is 1. The van der Waals surface area contributed by atoms with Crippen LogP contribution in [-0.4, -0.2) is 61.4 Å². The predicted octanol–water partition coefficient (Wildman–Crippen LogP) is 2.18. The van der Waals surface area contributed by atoms with Gasteiger partial charge in [0.05, 0.1) is 13.2 Å². The van der Waals surface area contributed by atoms with E-state index in [4.69, 9.17) is 18.9 Å². The summed E-state index contributed by atoms with van der Waals surface area (Å²) in [6.45, 7) is 7.93. The highest BCUT2D eigenvalue weighted by Gasteiger charge is 2.55. The van der Waals surface area contributed by atoms with Crippen molar-refractivity contribution in [2.45, 2.75) is 57.7 Å². The van der Waals surface area contributed by atoms with Crippen molar-refractivity contribution in [1.82, 2.24) is 4.90 Å². The molecule has 8 nitrogen and oxygen atoms in total. The van der Waals surface area contributed by atoms with Crippen LogP contribution in [0.4, 0.5) is 4.79 Å². The van der Waals surface area contributed by atoms with Crippen LogP contribution in [0.2, 0.25) is 0 Å². The van der Waals surface area contributed by atoms with E-state index in [0.29, 0.717) is 31.7 Å². The van der Waals surface area contributed by atoms with E-state index in [1.54, 1.807) is 11.8 Å². The Labute approximate surface area is 148 Å². The first kappa shape index (κ1) is 19.5. The average molecular weight is 357 g/mol. The van der Waals surface area contributed by atoms with Crippen molar-refractivity contribution in [3.8, 4) is 0 Å². The van der Waals surface area contributed by atoms with Gasteiger partial charge in [0.15, 0.2) is 0 Å². The standard InChI is InChI=1S/C17H27NO7/c1-15(2,3)24-14(20)18-9-7-17(8-10-18)12(11-13(19)21-5)23-16(4,22-6)25-17/h11H,7-10H2,1-6H3/b12-11+. The molecule has 142 valence electrons. The number of esters is 1. The Hall–Kier alpha value is -1.80. The Kier molecular flexibility index (Phi) is 5.34. The highest BCUT2D eigenvalue weighted by molar-refractivity contribution is 5.82. The van der Waals surface area contributed by atoms with Crippen LogP contribution in [0.1, 0.15) is 40.5 Å². The fourth-order valence-electron chi connectivity index (χ4n) is 2.85. The number of carbonyl (C=O) groups excluding carboxylic acids is 2. The van der Waals surface area contributed by atoms with Crippen molar-refractivity contribution in [1.29, 1.82) is 0 Å². The smallest absolute Gasteiger partial charge is 0.410 e. The molecule has 2 rings (SSSR count). The average Bonchev–Trinajstić information content (AvgIpc) is 2.78. The zero-order valence-electron chi connectivity index (χ0n) is 15.7. The molecule has 2 fully saturated rings. The number of piperidine rings is 1. The largest absolute Gasteiger partial charge is 0.466 e. The molecule has 0 bridgehead atoms. The Morgan fingerprint density at radius 2 is 1.80 bits per heavy atom. The molecule has 0 radical (unpaired) electrons. The maximum atomic E-state index is 12.2. The third kappa shape index (κ3) is 4.43. The van der Waals surface area contributed by atoms with Gasteiger partial charge in [-0.3, -0.25) is 0 Å². The first-order chi connectivity index (χ1) is 11.5. The van der Waals surface area contributed by atoms with Crippen LogP contribution in [0.3, 0.4) is 0 Å². The lowest BCUT2D eigenvalue weighted by molar-refractivity contribution is -0.323. The molecular weight excluding hydrogens is 330 g/mol. The summed E-state index contributed by atoms with van der Waals surface area (Å²) in [6, 6.07) is 0. The second-order valence-corrected chi connectivity index (χ2v) is 7.26. The van der Waals surface area contributed by atoms with Crippen molar-refractivity contribution in [2.75, 3.05) is 27.3 Å². The van der Waals surface area contributed by atoms with E-state index in [1.807, 2.05) is 20.8 Å². The number of nitrogens with zero attached hydrogens (tertiary/aromatic N) is 1. The Morgan fingerprint density at radius 1 is 1.20 bits per heavy atom. The minimum atomic E-state index is -1.28. The van der Waals surface area contributed by atoms with Crippen LogP contribution in [0.15, 0.2) is 11.8 Å². The SMILES string of the molecule is COC(=O)/C=C1/OC(C)(OC)OC12CCN(C(=O)OC(C)(C)C)CC2. The summed E-state index contributed by atoms with van der Waals surface area (Å²) in [6.07, 6.45) is 1.81. The zero-order valence-corrected chi connectivity index (χ0v) is 15.7. The fraction of sp³-hybridized carbons (Fsp3) is 0.765. The second kappa shape index (κ2) is 6.84. The van der Waals surface area contributed by atoms with Gasteiger partial charge in [0.1, 0.15) is 17.0 Å². The molecule has 0 aliphatic carbocycles. The topological polar surface area (TPSA) is 83.5 Å². The van der Waals surface area contributed by atoms with E-state index < -0.39 is 23.1 Å². The Bertz CT molecular complexity index is 558. The van der Waals surface area contributed by atoms with Crippen molar-refractivity contribution in [2.24, 2.45) is 0 Å². The summed E-state index contributed by atoms with van der Waals surface area (Å²) >= 11 is 0. The van der Waals surface area contributed by atoms with Gasteiger partial charge < -0.3 is 28.6 Å². The highest BCUT2D eigenvalue weighted by Crippen LogP contribution is 2.46. The van der Waals surface area contributed by atoms with Gasteiger partial charge in [-0.2, -0.15) is 0 Å². The van der Waals surface area contributed by atoms with Gasteiger partial charge in [0.2, 0.25) is 0 Å². The van der Waals surface area contributed by atoms with Crippen molar-refractivity contribution >= 4 is 12.1 Å². The predicted molar refractivity (Wildman–Crippen MR) is 87.5 cm³/mol. The van der Waals surface area contributed by atoms with E-state index >= 15 is 0 Å². The normalized spacial score (nSPS) is 27.3. The minimum absolute atomic E-state index is 0.354. The van der Waals surface area contributed by atoms with Gasteiger partial charge in [0, 0.05) is 40.0 Å². The van der Waals surface area contributed by atoms with Crippen LogP contribution in [0, 0.1) is 0 Å². The molecule has 1 amide bonds. The Morgan fingerprint density at radius 3 is 2.28 bits per heavy atom. The van der Waals surface area contributed by atoms with E-state index in [2.05, 4.69) is 4.74 Å². The van der Waals surface area contributed by atoms with Crippen molar-refractivity contribution < 1.29 is 33.3 Å². The molecular formula is C17H27NO7. The fourth-order valence-corrected chi connectivity index (χ4v) is 2.85. The van der Waals surface area contributed by atoms with Crippen LogP contribution < -0.4 is 0 Å². The molecule has 1 spiro atoms. The summed E-state index contributed by atoms with van der Waals surface area (Å²) < 4.78 is 27.1. The lowest BCUT2D eigenvalue weighted by Crippen LogP contribution is -2.49. The molecule has 25 heavy (non-hydrogen) atoms. The highest BCUT2D eigenvalue weighted by atomic mass is 16.9. The molecule has 2 aliphatic heterocycles. The van der Waals surface area contributed by atoms with Gasteiger partial charge in [-0.05, 0) is 20.8 Å². The van der Waals surface area contributed by atoms with Gasteiger partial charge in [-0.25, -0.2) is 9.59 Å². The molecule has 0 aromatic carbocycles. The first-order valence-corrected chi connectivity index (χ1v) is 8.25. The van der Waals surface area contributed by atoms with Crippen LogP contribution >= 0.6 is 0 Å². The quantitative estimate of drug-likeness (QED) is 0.553. The number of ether oxygens (including phenoxy) is 5. The number of hydrogen-bond donors (Lipinski definition) is 0. The molecule has 2 saturated heterocycles. The second-order valence-electron chi connectivity index (χ2n) is 7.26. The van der Waals surface area contributed by atoms with Crippen molar-refractivity contribution in [3.63, 3.8) is 0 Å². The van der Waals surface area contributed by atoms with Crippen molar-refractivity contribution in [3.05, 3.63) is 11.8 Å². The monoisotopic (exact) mass is 357 g/mol. The minimum Gasteiger partial charge on any atom is -0.466 e. The third-order valence-electron chi connectivity index (χ3n) is 4.17. The van der Waals surface area contributed by atoms with E-state index in [9.17, 15) is 9.59 Å². The lowest BCUT2D eigenvalue weighted by atomic mass is 9.89. The number of hydrogen-bond acceptors (Lipinski definition) is 7. The van der Waals surface area contributed by atoms with Gasteiger partial charge in [-0.15, -0.1) is 0 Å². The molecule has 1 unspecified atom stereocenters. The zero-order chi connectivity index (χ0) is 18.9. The third-order valence-corrected chi connectivity index (χ3v) is 4.17. The maximum absolute atomic E-state index is 12.2. The molecule has 0 aromatic heterocycles. The number of rotatable bonds is 2. The van der Waals surface area contributed by atoms with Crippen LogP contribution in [-0.2, 0) is 28.5 Å². The summed E-state index contributed by atoms with van der Waals surface area (Å²) in [5.74, 6) is -1.46. The number of methoxy groups -OCH3 is 2. The Balaban J connectivity index is 2.14. The van der Waals surface area contributed by atoms with Gasteiger partial charge >= 0.3 is 18.0 Å². The lowest BCUT2D eigenvalue weighted by Gasteiger charge is -2.38. The molecule has 0 saturated carbocycles.